The maximum absolute atomic E-state index is 11.3. The monoisotopic (exact) mass is 179 g/mol. The molecule has 0 N–H and O–H groups in total. The minimum atomic E-state index is -0.0452. The van der Waals surface area contributed by atoms with Crippen LogP contribution in [-0.4, -0.2) is 14.3 Å². The third kappa shape index (κ3) is 1.56. The molecular weight excluding hydrogens is 166 g/mol. The lowest BCUT2D eigenvalue weighted by Gasteiger charge is -2.15. The standard InChI is InChI=1S/C9H13N3O/c1-11-7-10-12(9(11)13)6-5-8-3-2-4-8/h5,7H,2-4,6H2,1H3. The van der Waals surface area contributed by atoms with Gasteiger partial charge in [-0.05, 0) is 19.3 Å². The Labute approximate surface area is 76.5 Å². The van der Waals surface area contributed by atoms with E-state index >= 15 is 0 Å². The second-order valence-corrected chi connectivity index (χ2v) is 3.42. The van der Waals surface area contributed by atoms with Crippen LogP contribution >= 0.6 is 0 Å². The van der Waals surface area contributed by atoms with Crippen molar-refractivity contribution in [2.24, 2.45) is 7.05 Å². The molecule has 70 valence electrons. The predicted molar refractivity (Wildman–Crippen MR) is 49.4 cm³/mol. The molecule has 0 saturated heterocycles. The SMILES string of the molecule is Cn1cnn(CC=C2CCC2)c1=O. The van der Waals surface area contributed by atoms with E-state index in [2.05, 4.69) is 11.2 Å². The van der Waals surface area contributed by atoms with E-state index in [0.717, 1.165) is 0 Å². The first kappa shape index (κ1) is 8.29. The van der Waals surface area contributed by atoms with E-state index in [9.17, 15) is 4.79 Å². The Morgan fingerprint density at radius 3 is 2.85 bits per heavy atom. The van der Waals surface area contributed by atoms with Gasteiger partial charge in [0.05, 0.1) is 6.54 Å². The number of allylic oxidation sites excluding steroid dienone is 2. The minimum Gasteiger partial charge on any atom is -0.285 e. The quantitative estimate of drug-likeness (QED) is 0.627. The molecule has 1 fully saturated rings. The van der Waals surface area contributed by atoms with Crippen molar-refractivity contribution in [1.82, 2.24) is 14.3 Å². The molecule has 4 heteroatoms. The van der Waals surface area contributed by atoms with Crippen LogP contribution in [0.15, 0.2) is 22.8 Å². The van der Waals surface area contributed by atoms with E-state index in [1.54, 1.807) is 13.4 Å². The molecule has 13 heavy (non-hydrogen) atoms. The van der Waals surface area contributed by atoms with Gasteiger partial charge in [-0.25, -0.2) is 9.48 Å². The summed E-state index contributed by atoms with van der Waals surface area (Å²) in [7, 11) is 1.71. The molecule has 1 aliphatic rings. The molecule has 1 heterocycles. The molecule has 2 rings (SSSR count). The van der Waals surface area contributed by atoms with Crippen molar-refractivity contribution in [3.63, 3.8) is 0 Å². The molecule has 0 radical (unpaired) electrons. The first-order valence-electron chi connectivity index (χ1n) is 4.54. The highest BCUT2D eigenvalue weighted by Crippen LogP contribution is 2.24. The van der Waals surface area contributed by atoms with Crippen molar-refractivity contribution in [2.75, 3.05) is 0 Å². The molecular formula is C9H13N3O. The molecule has 1 aliphatic carbocycles. The summed E-state index contributed by atoms with van der Waals surface area (Å²) < 4.78 is 2.96. The lowest BCUT2D eigenvalue weighted by atomic mass is 9.92. The number of nitrogens with zero attached hydrogens (tertiary/aromatic N) is 3. The van der Waals surface area contributed by atoms with E-state index in [1.807, 2.05) is 0 Å². The second kappa shape index (κ2) is 3.20. The van der Waals surface area contributed by atoms with E-state index in [0.29, 0.717) is 6.54 Å². The predicted octanol–water partition coefficient (Wildman–Crippen LogP) is 0.692. The summed E-state index contributed by atoms with van der Waals surface area (Å²) in [5, 5.41) is 3.97. The molecule has 0 bridgehead atoms. The summed E-state index contributed by atoms with van der Waals surface area (Å²) in [6.07, 6.45) is 7.34. The average molecular weight is 179 g/mol. The molecule has 0 aliphatic heterocycles. The highest BCUT2D eigenvalue weighted by molar-refractivity contribution is 5.08. The fourth-order valence-corrected chi connectivity index (χ4v) is 1.35. The van der Waals surface area contributed by atoms with Crippen LogP contribution in [0.4, 0.5) is 0 Å². The topological polar surface area (TPSA) is 39.8 Å². The van der Waals surface area contributed by atoms with Crippen molar-refractivity contribution in [3.8, 4) is 0 Å². The van der Waals surface area contributed by atoms with Crippen LogP contribution in [0.1, 0.15) is 19.3 Å². The Hall–Kier alpha value is -1.32. The van der Waals surface area contributed by atoms with E-state index in [4.69, 9.17) is 0 Å². The smallest absolute Gasteiger partial charge is 0.285 e. The summed E-state index contributed by atoms with van der Waals surface area (Å²) in [4.78, 5) is 11.3. The lowest BCUT2D eigenvalue weighted by molar-refractivity contribution is 0.619. The van der Waals surface area contributed by atoms with Crippen molar-refractivity contribution in [1.29, 1.82) is 0 Å². The highest BCUT2D eigenvalue weighted by atomic mass is 16.2. The van der Waals surface area contributed by atoms with Crippen LogP contribution in [0.3, 0.4) is 0 Å². The normalized spacial score (nSPS) is 15.6. The maximum Gasteiger partial charge on any atom is 0.345 e. The zero-order valence-corrected chi connectivity index (χ0v) is 7.73. The van der Waals surface area contributed by atoms with E-state index in [-0.39, 0.29) is 5.69 Å². The summed E-state index contributed by atoms with van der Waals surface area (Å²) in [5.41, 5.74) is 1.41. The Bertz CT molecular complexity index is 380. The molecule has 0 amide bonds. The number of hydrogen-bond acceptors (Lipinski definition) is 2. The van der Waals surface area contributed by atoms with Crippen LogP contribution in [0, 0.1) is 0 Å². The molecule has 0 spiro atoms. The fourth-order valence-electron chi connectivity index (χ4n) is 1.35. The largest absolute Gasteiger partial charge is 0.345 e. The van der Waals surface area contributed by atoms with Gasteiger partial charge < -0.3 is 0 Å². The van der Waals surface area contributed by atoms with Gasteiger partial charge in [-0.15, -0.1) is 0 Å². The third-order valence-corrected chi connectivity index (χ3v) is 2.44. The van der Waals surface area contributed by atoms with E-state index in [1.165, 1.54) is 34.1 Å². The summed E-state index contributed by atoms with van der Waals surface area (Å²) in [6, 6.07) is 0. The van der Waals surface area contributed by atoms with Gasteiger partial charge in [0.2, 0.25) is 0 Å². The van der Waals surface area contributed by atoms with Crippen molar-refractivity contribution in [3.05, 3.63) is 28.5 Å². The molecule has 4 nitrogen and oxygen atoms in total. The van der Waals surface area contributed by atoms with Gasteiger partial charge in [0.15, 0.2) is 0 Å². The first-order chi connectivity index (χ1) is 6.27. The number of hydrogen-bond donors (Lipinski definition) is 0. The van der Waals surface area contributed by atoms with Crippen LogP contribution in [0.25, 0.3) is 0 Å². The number of rotatable bonds is 2. The van der Waals surface area contributed by atoms with Crippen molar-refractivity contribution in [2.45, 2.75) is 25.8 Å². The molecule has 0 unspecified atom stereocenters. The fraction of sp³-hybridized carbons (Fsp3) is 0.556. The Kier molecular flexibility index (Phi) is 2.04. The zero-order chi connectivity index (χ0) is 9.26. The van der Waals surface area contributed by atoms with Gasteiger partial charge in [0.1, 0.15) is 6.33 Å². The maximum atomic E-state index is 11.3. The minimum absolute atomic E-state index is 0.0452. The molecule has 0 atom stereocenters. The van der Waals surface area contributed by atoms with Gasteiger partial charge >= 0.3 is 5.69 Å². The Morgan fingerprint density at radius 2 is 2.38 bits per heavy atom. The van der Waals surface area contributed by atoms with Gasteiger partial charge in [-0.2, -0.15) is 5.10 Å². The van der Waals surface area contributed by atoms with Crippen LogP contribution in [0.5, 0.6) is 0 Å². The first-order valence-corrected chi connectivity index (χ1v) is 4.54. The Balaban J connectivity index is 2.09. The van der Waals surface area contributed by atoms with E-state index < -0.39 is 0 Å². The van der Waals surface area contributed by atoms with Gasteiger partial charge in [-0.1, -0.05) is 11.6 Å². The molecule has 1 saturated carbocycles. The average Bonchev–Trinajstić information content (AvgIpc) is 2.33. The van der Waals surface area contributed by atoms with Crippen LogP contribution < -0.4 is 5.69 Å². The lowest BCUT2D eigenvalue weighted by Crippen LogP contribution is -2.22. The number of aryl methyl sites for hydroxylation is 1. The summed E-state index contributed by atoms with van der Waals surface area (Å²) in [5.74, 6) is 0. The second-order valence-electron chi connectivity index (χ2n) is 3.42. The van der Waals surface area contributed by atoms with Crippen molar-refractivity contribution >= 4 is 0 Å². The van der Waals surface area contributed by atoms with Gasteiger partial charge in [0.25, 0.3) is 0 Å². The van der Waals surface area contributed by atoms with Crippen LogP contribution in [-0.2, 0) is 13.6 Å². The molecule has 0 aromatic carbocycles. The molecule has 1 aromatic rings. The molecule has 1 aromatic heterocycles. The third-order valence-electron chi connectivity index (χ3n) is 2.44. The summed E-state index contributed by atoms with van der Waals surface area (Å²) >= 11 is 0. The Morgan fingerprint density at radius 1 is 1.62 bits per heavy atom. The summed E-state index contributed by atoms with van der Waals surface area (Å²) in [6.45, 7) is 0.620. The van der Waals surface area contributed by atoms with Crippen molar-refractivity contribution < 1.29 is 0 Å². The zero-order valence-electron chi connectivity index (χ0n) is 7.73. The highest BCUT2D eigenvalue weighted by Gasteiger charge is 2.07. The van der Waals surface area contributed by atoms with Gasteiger partial charge in [0, 0.05) is 7.05 Å². The van der Waals surface area contributed by atoms with Crippen LogP contribution in [0.2, 0.25) is 0 Å². The van der Waals surface area contributed by atoms with Gasteiger partial charge in [-0.3, -0.25) is 4.57 Å². The number of aromatic nitrogens is 3.